The van der Waals surface area contributed by atoms with E-state index in [1.807, 2.05) is 6.92 Å². The van der Waals surface area contributed by atoms with Crippen LogP contribution < -0.4 is 10.6 Å². The van der Waals surface area contributed by atoms with E-state index in [1.165, 1.54) is 0 Å². The monoisotopic (exact) mass is 294 g/mol. The third-order valence-corrected chi connectivity index (χ3v) is 2.93. The Labute approximate surface area is 121 Å². The first-order valence-electron chi connectivity index (χ1n) is 6.19. The van der Waals surface area contributed by atoms with Gasteiger partial charge in [0.15, 0.2) is 5.82 Å². The topological polar surface area (TPSA) is 95.6 Å². The second kappa shape index (κ2) is 6.33. The van der Waals surface area contributed by atoms with Gasteiger partial charge in [0.05, 0.1) is 11.6 Å². The van der Waals surface area contributed by atoms with Gasteiger partial charge in [-0.3, -0.25) is 4.79 Å². The summed E-state index contributed by atoms with van der Waals surface area (Å²) < 4.78 is 0. The van der Waals surface area contributed by atoms with Crippen molar-refractivity contribution in [3.8, 4) is 0 Å². The number of aromatic amines is 1. The fraction of sp³-hybridized carbons (Fsp3) is 0.333. The van der Waals surface area contributed by atoms with Gasteiger partial charge in [0.2, 0.25) is 0 Å². The van der Waals surface area contributed by atoms with Crippen molar-refractivity contribution in [1.29, 1.82) is 0 Å². The Morgan fingerprint density at radius 3 is 2.95 bits per heavy atom. The Morgan fingerprint density at radius 1 is 1.50 bits per heavy atom. The summed E-state index contributed by atoms with van der Waals surface area (Å²) >= 11 is 5.95. The number of carbonyl (C=O) groups is 1. The van der Waals surface area contributed by atoms with Gasteiger partial charge in [-0.15, -0.1) is 10.2 Å². The molecule has 0 saturated heterocycles. The maximum Gasteiger partial charge on any atom is 0.254 e. The van der Waals surface area contributed by atoms with Gasteiger partial charge in [-0.05, 0) is 32.0 Å². The summed E-state index contributed by atoms with van der Waals surface area (Å²) in [5.41, 5.74) is 1.21. The van der Waals surface area contributed by atoms with Crippen LogP contribution in [0.25, 0.3) is 0 Å². The molecule has 0 radical (unpaired) electrons. The van der Waals surface area contributed by atoms with E-state index < -0.39 is 0 Å². The number of hydrogen-bond acceptors (Lipinski definition) is 5. The zero-order valence-corrected chi connectivity index (χ0v) is 11.9. The highest BCUT2D eigenvalue weighted by molar-refractivity contribution is 6.31. The molecule has 2 aromatic rings. The Hall–Kier alpha value is -2.15. The molecule has 20 heavy (non-hydrogen) atoms. The molecule has 0 aliphatic heterocycles. The molecule has 1 atom stereocenters. The Bertz CT molecular complexity index is 586. The van der Waals surface area contributed by atoms with Crippen LogP contribution in [0, 0.1) is 0 Å². The molecule has 2 rings (SSSR count). The lowest BCUT2D eigenvalue weighted by Gasteiger charge is -2.14. The van der Waals surface area contributed by atoms with Crippen LogP contribution in [-0.4, -0.2) is 33.1 Å². The minimum Gasteiger partial charge on any atom is -0.385 e. The van der Waals surface area contributed by atoms with Crippen LogP contribution in [0.3, 0.4) is 0 Å². The minimum absolute atomic E-state index is 0.249. The van der Waals surface area contributed by atoms with Crippen molar-refractivity contribution < 1.29 is 4.79 Å². The number of amides is 1. The van der Waals surface area contributed by atoms with Crippen LogP contribution in [0.4, 0.5) is 5.69 Å². The standard InChI is InChI=1S/C12H15ClN6O/c1-3-14-10-5-4-8(13)6-9(10)12(20)15-7(2)11-16-18-19-17-11/h4-7,14H,3H2,1-2H3,(H,15,20)(H,16,17,18,19). The van der Waals surface area contributed by atoms with Crippen LogP contribution in [-0.2, 0) is 0 Å². The summed E-state index contributed by atoms with van der Waals surface area (Å²) in [6.45, 7) is 4.45. The fourth-order valence-corrected chi connectivity index (χ4v) is 1.91. The molecule has 1 unspecified atom stereocenters. The Morgan fingerprint density at radius 2 is 2.30 bits per heavy atom. The van der Waals surface area contributed by atoms with E-state index in [4.69, 9.17) is 11.6 Å². The molecule has 1 aromatic carbocycles. The third kappa shape index (κ3) is 3.24. The normalized spacial score (nSPS) is 11.9. The van der Waals surface area contributed by atoms with E-state index in [-0.39, 0.29) is 11.9 Å². The Kier molecular flexibility index (Phi) is 4.52. The van der Waals surface area contributed by atoms with Crippen LogP contribution in [0.2, 0.25) is 5.02 Å². The summed E-state index contributed by atoms with van der Waals surface area (Å²) in [5.74, 6) is 0.172. The number of hydrogen-bond donors (Lipinski definition) is 3. The lowest BCUT2D eigenvalue weighted by Crippen LogP contribution is -2.28. The second-order valence-electron chi connectivity index (χ2n) is 4.19. The van der Waals surface area contributed by atoms with Gasteiger partial charge in [-0.1, -0.05) is 16.8 Å². The molecule has 0 spiro atoms. The molecular formula is C12H15ClN6O. The van der Waals surface area contributed by atoms with Crippen LogP contribution >= 0.6 is 11.6 Å². The van der Waals surface area contributed by atoms with Gasteiger partial charge in [-0.2, -0.15) is 5.21 Å². The lowest BCUT2D eigenvalue weighted by molar-refractivity contribution is 0.0939. The van der Waals surface area contributed by atoms with Crippen molar-refractivity contribution >= 4 is 23.2 Å². The molecule has 7 nitrogen and oxygen atoms in total. The number of benzene rings is 1. The molecule has 0 aliphatic carbocycles. The average Bonchev–Trinajstić information content (AvgIpc) is 2.95. The van der Waals surface area contributed by atoms with Crippen LogP contribution in [0.1, 0.15) is 36.1 Å². The first kappa shape index (κ1) is 14.3. The van der Waals surface area contributed by atoms with Crippen molar-refractivity contribution in [1.82, 2.24) is 25.9 Å². The van der Waals surface area contributed by atoms with Crippen LogP contribution in [0.5, 0.6) is 0 Å². The molecule has 1 amide bonds. The molecule has 1 heterocycles. The van der Waals surface area contributed by atoms with Crippen LogP contribution in [0.15, 0.2) is 18.2 Å². The number of tetrazole rings is 1. The van der Waals surface area contributed by atoms with E-state index >= 15 is 0 Å². The predicted octanol–water partition coefficient (Wildman–Crippen LogP) is 1.78. The number of anilines is 1. The molecule has 3 N–H and O–H groups in total. The summed E-state index contributed by atoms with van der Waals surface area (Å²) in [6, 6.07) is 4.78. The molecule has 1 aromatic heterocycles. The smallest absolute Gasteiger partial charge is 0.254 e. The molecular weight excluding hydrogens is 280 g/mol. The molecule has 0 saturated carbocycles. The first-order chi connectivity index (χ1) is 9.61. The van der Waals surface area contributed by atoms with Crippen molar-refractivity contribution in [2.24, 2.45) is 0 Å². The largest absolute Gasteiger partial charge is 0.385 e. The minimum atomic E-state index is -0.352. The predicted molar refractivity (Wildman–Crippen MR) is 75.7 cm³/mol. The maximum absolute atomic E-state index is 12.3. The molecule has 8 heteroatoms. The van der Waals surface area contributed by atoms with E-state index in [0.717, 1.165) is 5.69 Å². The molecule has 0 fully saturated rings. The SMILES string of the molecule is CCNc1ccc(Cl)cc1C(=O)NC(C)c1nn[nH]n1. The molecule has 0 bridgehead atoms. The number of halogens is 1. The van der Waals surface area contributed by atoms with Gasteiger partial charge in [-0.25, -0.2) is 0 Å². The zero-order valence-electron chi connectivity index (χ0n) is 11.1. The summed E-state index contributed by atoms with van der Waals surface area (Å²) in [6.07, 6.45) is 0. The van der Waals surface area contributed by atoms with Crippen molar-refractivity contribution in [3.05, 3.63) is 34.6 Å². The summed E-state index contributed by atoms with van der Waals surface area (Å²) in [5, 5.41) is 19.9. The zero-order chi connectivity index (χ0) is 14.5. The van der Waals surface area contributed by atoms with E-state index in [9.17, 15) is 4.79 Å². The quantitative estimate of drug-likeness (QED) is 0.781. The van der Waals surface area contributed by atoms with Crippen molar-refractivity contribution in [2.45, 2.75) is 19.9 Å². The van der Waals surface area contributed by atoms with Crippen molar-refractivity contribution in [2.75, 3.05) is 11.9 Å². The number of rotatable bonds is 5. The number of nitrogens with one attached hydrogen (secondary N) is 3. The molecule has 0 aliphatic rings. The third-order valence-electron chi connectivity index (χ3n) is 2.69. The highest BCUT2D eigenvalue weighted by Crippen LogP contribution is 2.21. The van der Waals surface area contributed by atoms with E-state index in [1.54, 1.807) is 25.1 Å². The number of H-pyrrole nitrogens is 1. The van der Waals surface area contributed by atoms with Gasteiger partial charge in [0, 0.05) is 17.3 Å². The average molecular weight is 295 g/mol. The van der Waals surface area contributed by atoms with Gasteiger partial charge >= 0.3 is 0 Å². The highest BCUT2D eigenvalue weighted by Gasteiger charge is 2.17. The summed E-state index contributed by atoms with van der Waals surface area (Å²) in [4.78, 5) is 12.3. The maximum atomic E-state index is 12.3. The second-order valence-corrected chi connectivity index (χ2v) is 4.62. The number of nitrogens with zero attached hydrogens (tertiary/aromatic N) is 3. The van der Waals surface area contributed by atoms with Crippen molar-refractivity contribution in [3.63, 3.8) is 0 Å². The van der Waals surface area contributed by atoms with E-state index in [0.29, 0.717) is 23.0 Å². The first-order valence-corrected chi connectivity index (χ1v) is 6.57. The highest BCUT2D eigenvalue weighted by atomic mass is 35.5. The fourth-order valence-electron chi connectivity index (χ4n) is 1.74. The molecule has 106 valence electrons. The number of aromatic nitrogens is 4. The van der Waals surface area contributed by atoms with E-state index in [2.05, 4.69) is 31.3 Å². The van der Waals surface area contributed by atoms with Gasteiger partial charge in [0.1, 0.15) is 0 Å². The van der Waals surface area contributed by atoms with Gasteiger partial charge < -0.3 is 10.6 Å². The Balaban J connectivity index is 2.18. The number of carbonyl (C=O) groups excluding carboxylic acids is 1. The van der Waals surface area contributed by atoms with Gasteiger partial charge in [0.25, 0.3) is 5.91 Å². The lowest BCUT2D eigenvalue weighted by atomic mass is 10.1. The summed E-state index contributed by atoms with van der Waals surface area (Å²) in [7, 11) is 0.